The van der Waals surface area contributed by atoms with Crippen LogP contribution in [0.15, 0.2) is 0 Å². The van der Waals surface area contributed by atoms with Gasteiger partial charge in [0.2, 0.25) is 11.8 Å². The first-order valence-corrected chi connectivity index (χ1v) is 6.07. The maximum atomic E-state index is 11.7. The van der Waals surface area contributed by atoms with Crippen molar-refractivity contribution in [1.29, 1.82) is 0 Å². The number of fused-ring (bicyclic) bond motifs is 2. The van der Waals surface area contributed by atoms with Crippen molar-refractivity contribution in [1.82, 2.24) is 4.90 Å². The molecule has 2 unspecified atom stereocenters. The van der Waals surface area contributed by atoms with Gasteiger partial charge in [0, 0.05) is 30.4 Å². The minimum atomic E-state index is -0.0943. The van der Waals surface area contributed by atoms with E-state index in [2.05, 4.69) is 0 Å². The van der Waals surface area contributed by atoms with Crippen LogP contribution in [0.1, 0.15) is 32.6 Å². The van der Waals surface area contributed by atoms with Gasteiger partial charge in [-0.05, 0) is 12.8 Å². The van der Waals surface area contributed by atoms with Gasteiger partial charge >= 0.3 is 0 Å². The molecule has 78 valence electrons. The maximum absolute atomic E-state index is 11.7. The molecule has 3 nitrogen and oxygen atoms in total. The van der Waals surface area contributed by atoms with E-state index in [1.54, 1.807) is 0 Å². The third-order valence-electron chi connectivity index (χ3n) is 2.91. The van der Waals surface area contributed by atoms with Crippen molar-refractivity contribution in [2.45, 2.75) is 43.1 Å². The summed E-state index contributed by atoms with van der Waals surface area (Å²) in [6.07, 6.45) is 4.05. The molecule has 2 fully saturated rings. The molecule has 0 aromatic heterocycles. The Balaban J connectivity index is 2.14. The summed E-state index contributed by atoms with van der Waals surface area (Å²) in [5.41, 5.74) is 0. The lowest BCUT2D eigenvalue weighted by Crippen LogP contribution is -2.37. The molecule has 0 aromatic carbocycles. The van der Waals surface area contributed by atoms with Crippen molar-refractivity contribution >= 4 is 23.6 Å². The molecule has 2 rings (SSSR count). The lowest BCUT2D eigenvalue weighted by atomic mass is 10.1. The van der Waals surface area contributed by atoms with Crippen LogP contribution in [0.2, 0.25) is 0 Å². The van der Waals surface area contributed by atoms with Crippen molar-refractivity contribution in [3.8, 4) is 0 Å². The number of imide groups is 1. The summed E-state index contributed by atoms with van der Waals surface area (Å²) in [5.74, 6) is -0.0671. The SMILES string of the molecule is CC(=O)N1CC2CCCC(CC1=O)S2. The van der Waals surface area contributed by atoms with Crippen LogP contribution in [0.3, 0.4) is 0 Å². The third-order valence-corrected chi connectivity index (χ3v) is 4.46. The maximum Gasteiger partial charge on any atom is 0.230 e. The first kappa shape index (κ1) is 10.0. The van der Waals surface area contributed by atoms with E-state index in [0.29, 0.717) is 23.5 Å². The predicted octanol–water partition coefficient (Wildman–Crippen LogP) is 1.42. The monoisotopic (exact) mass is 213 g/mol. The Labute approximate surface area is 88.2 Å². The summed E-state index contributed by atoms with van der Waals surface area (Å²) < 4.78 is 0. The van der Waals surface area contributed by atoms with Crippen LogP contribution in [-0.4, -0.2) is 33.8 Å². The summed E-state index contributed by atoms with van der Waals surface area (Å²) in [4.78, 5) is 24.4. The molecule has 0 N–H and O–H groups in total. The highest BCUT2D eigenvalue weighted by molar-refractivity contribution is 8.00. The number of carbonyl (C=O) groups excluding carboxylic acids is 2. The minimum Gasteiger partial charge on any atom is -0.282 e. The predicted molar refractivity (Wildman–Crippen MR) is 56.0 cm³/mol. The van der Waals surface area contributed by atoms with E-state index in [-0.39, 0.29) is 11.8 Å². The van der Waals surface area contributed by atoms with Crippen molar-refractivity contribution in [2.24, 2.45) is 0 Å². The summed E-state index contributed by atoms with van der Waals surface area (Å²) in [6.45, 7) is 2.12. The van der Waals surface area contributed by atoms with Crippen molar-refractivity contribution in [3.63, 3.8) is 0 Å². The normalized spacial score (nSPS) is 32.6. The van der Waals surface area contributed by atoms with Gasteiger partial charge in [-0.1, -0.05) is 6.42 Å². The smallest absolute Gasteiger partial charge is 0.230 e. The quantitative estimate of drug-likeness (QED) is 0.610. The molecular formula is C10H15NO2S. The van der Waals surface area contributed by atoms with Crippen molar-refractivity contribution < 1.29 is 9.59 Å². The largest absolute Gasteiger partial charge is 0.282 e. The zero-order valence-corrected chi connectivity index (χ0v) is 9.18. The molecule has 2 amide bonds. The van der Waals surface area contributed by atoms with Crippen molar-refractivity contribution in [2.75, 3.05) is 6.54 Å². The van der Waals surface area contributed by atoms with Crippen LogP contribution in [0.4, 0.5) is 0 Å². The number of carbonyl (C=O) groups is 2. The molecule has 0 aliphatic carbocycles. The molecule has 2 aliphatic heterocycles. The lowest BCUT2D eigenvalue weighted by molar-refractivity contribution is -0.143. The van der Waals surface area contributed by atoms with Crippen LogP contribution in [0.5, 0.6) is 0 Å². The molecule has 2 aliphatic rings. The fourth-order valence-corrected chi connectivity index (χ4v) is 3.80. The van der Waals surface area contributed by atoms with E-state index in [9.17, 15) is 9.59 Å². The Morgan fingerprint density at radius 1 is 1.43 bits per heavy atom. The molecule has 4 heteroatoms. The molecule has 2 heterocycles. The van der Waals surface area contributed by atoms with Gasteiger partial charge in [0.1, 0.15) is 0 Å². The first-order valence-electron chi connectivity index (χ1n) is 5.13. The lowest BCUT2D eigenvalue weighted by Gasteiger charge is -2.25. The molecule has 0 radical (unpaired) electrons. The van der Waals surface area contributed by atoms with E-state index in [4.69, 9.17) is 0 Å². The van der Waals surface area contributed by atoms with Crippen LogP contribution in [0, 0.1) is 0 Å². The second-order valence-corrected chi connectivity index (χ2v) is 5.64. The van der Waals surface area contributed by atoms with E-state index in [0.717, 1.165) is 12.8 Å². The Morgan fingerprint density at radius 2 is 2.14 bits per heavy atom. The minimum absolute atomic E-state index is 0.0272. The number of hydrogen-bond donors (Lipinski definition) is 0. The number of hydrogen-bond acceptors (Lipinski definition) is 3. The molecule has 2 bridgehead atoms. The first-order chi connectivity index (χ1) is 6.66. The Morgan fingerprint density at radius 3 is 2.86 bits per heavy atom. The van der Waals surface area contributed by atoms with Gasteiger partial charge in [0.05, 0.1) is 0 Å². The highest BCUT2D eigenvalue weighted by Crippen LogP contribution is 2.36. The Kier molecular flexibility index (Phi) is 2.81. The molecule has 0 aromatic rings. The molecule has 0 spiro atoms. The summed E-state index contributed by atoms with van der Waals surface area (Å²) in [7, 11) is 0. The molecule has 2 saturated heterocycles. The van der Waals surface area contributed by atoms with E-state index >= 15 is 0 Å². The number of thioether (sulfide) groups is 1. The van der Waals surface area contributed by atoms with Crippen LogP contribution in [0.25, 0.3) is 0 Å². The molecular weight excluding hydrogens is 198 g/mol. The number of amides is 2. The van der Waals surface area contributed by atoms with Crippen LogP contribution < -0.4 is 0 Å². The van der Waals surface area contributed by atoms with Gasteiger partial charge in [0.15, 0.2) is 0 Å². The third kappa shape index (κ3) is 1.95. The Bertz CT molecular complexity index is 267. The number of nitrogens with zero attached hydrogens (tertiary/aromatic N) is 1. The average molecular weight is 213 g/mol. The molecule has 0 saturated carbocycles. The zero-order chi connectivity index (χ0) is 10.1. The highest BCUT2D eigenvalue weighted by atomic mass is 32.2. The van der Waals surface area contributed by atoms with E-state index in [1.807, 2.05) is 11.8 Å². The topological polar surface area (TPSA) is 37.4 Å². The van der Waals surface area contributed by atoms with Crippen molar-refractivity contribution in [3.05, 3.63) is 0 Å². The second-order valence-electron chi connectivity index (χ2n) is 4.04. The van der Waals surface area contributed by atoms with Gasteiger partial charge in [-0.15, -0.1) is 0 Å². The standard InChI is InChI=1S/C10H15NO2S/c1-7(12)11-6-9-4-2-3-8(14-9)5-10(11)13/h8-9H,2-6H2,1H3. The van der Waals surface area contributed by atoms with Gasteiger partial charge in [-0.2, -0.15) is 11.8 Å². The van der Waals surface area contributed by atoms with Gasteiger partial charge in [0.25, 0.3) is 0 Å². The summed E-state index contributed by atoms with van der Waals surface area (Å²) in [6, 6.07) is 0. The second kappa shape index (κ2) is 3.93. The van der Waals surface area contributed by atoms with Gasteiger partial charge in [-0.25, -0.2) is 0 Å². The zero-order valence-electron chi connectivity index (χ0n) is 8.36. The summed E-state index contributed by atoms with van der Waals surface area (Å²) >= 11 is 1.90. The van der Waals surface area contributed by atoms with E-state index < -0.39 is 0 Å². The Hall–Kier alpha value is -0.510. The van der Waals surface area contributed by atoms with E-state index in [1.165, 1.54) is 18.2 Å². The highest BCUT2D eigenvalue weighted by Gasteiger charge is 2.33. The van der Waals surface area contributed by atoms with Crippen LogP contribution >= 0.6 is 11.8 Å². The van der Waals surface area contributed by atoms with Crippen LogP contribution in [-0.2, 0) is 9.59 Å². The molecule has 2 atom stereocenters. The average Bonchev–Trinajstić information content (AvgIpc) is 2.23. The fourth-order valence-electron chi connectivity index (χ4n) is 2.18. The molecule has 14 heavy (non-hydrogen) atoms. The van der Waals surface area contributed by atoms with Gasteiger partial charge < -0.3 is 0 Å². The summed E-state index contributed by atoms with van der Waals surface area (Å²) in [5, 5.41) is 0.953. The number of rotatable bonds is 0. The fraction of sp³-hybridized carbons (Fsp3) is 0.800. The van der Waals surface area contributed by atoms with Gasteiger partial charge in [-0.3, -0.25) is 14.5 Å².